The molecule has 0 aliphatic carbocycles. The van der Waals surface area contributed by atoms with Gasteiger partial charge >= 0.3 is 6.36 Å². The van der Waals surface area contributed by atoms with Crippen molar-refractivity contribution < 1.29 is 35.9 Å². The number of piperidine rings is 1. The van der Waals surface area contributed by atoms with Crippen molar-refractivity contribution in [1.82, 2.24) is 5.32 Å². The van der Waals surface area contributed by atoms with Crippen LogP contribution in [0.1, 0.15) is 12.8 Å². The van der Waals surface area contributed by atoms with Gasteiger partial charge in [0, 0.05) is 0 Å². The van der Waals surface area contributed by atoms with Crippen LogP contribution >= 0.6 is 24.8 Å². The summed E-state index contributed by atoms with van der Waals surface area (Å²) in [5.41, 5.74) is 5.46. The number of primary amides is 1. The van der Waals surface area contributed by atoms with E-state index < -0.39 is 32.6 Å². The Hall–Kier alpha value is -2.21. The number of amides is 1. The molecule has 0 atom stereocenters. The average Bonchev–Trinajstić information content (AvgIpc) is 2.69. The Morgan fingerprint density at radius 1 is 0.906 bits per heavy atom. The Bertz CT molecular complexity index is 1010. The highest BCUT2D eigenvalue weighted by Gasteiger charge is 2.50. The molecule has 1 aliphatic rings. The summed E-state index contributed by atoms with van der Waals surface area (Å²) in [5, 5.41) is 3.01. The number of carbonyl (C=O) groups excluding carboxylic acids is 1. The molecule has 0 saturated carbocycles. The first-order valence-corrected chi connectivity index (χ1v) is 10.4. The second kappa shape index (κ2) is 10.6. The third kappa shape index (κ3) is 5.97. The lowest BCUT2D eigenvalue weighted by Crippen LogP contribution is -2.56. The highest BCUT2D eigenvalue weighted by molar-refractivity contribution is 7.93. The number of rotatable bonds is 6. The van der Waals surface area contributed by atoms with E-state index in [1.807, 2.05) is 0 Å². The predicted molar refractivity (Wildman–Crippen MR) is 115 cm³/mol. The predicted octanol–water partition coefficient (Wildman–Crippen LogP) is 3.60. The maximum Gasteiger partial charge on any atom is 0.573 e. The Kier molecular flexibility index (Phi) is 9.22. The van der Waals surface area contributed by atoms with E-state index in [9.17, 15) is 26.4 Å². The van der Waals surface area contributed by atoms with Crippen molar-refractivity contribution in [2.45, 2.75) is 28.8 Å². The minimum Gasteiger partial charge on any atom is -0.457 e. The number of nitrogens with one attached hydrogen (secondary N) is 1. The van der Waals surface area contributed by atoms with Crippen molar-refractivity contribution in [3.05, 3.63) is 48.5 Å². The third-order valence-electron chi connectivity index (χ3n) is 4.80. The van der Waals surface area contributed by atoms with Gasteiger partial charge in [0.2, 0.25) is 5.91 Å². The summed E-state index contributed by atoms with van der Waals surface area (Å²) in [6.45, 7) is 0.717. The minimum absolute atomic E-state index is 0. The summed E-state index contributed by atoms with van der Waals surface area (Å²) >= 11 is 0. The average molecular weight is 517 g/mol. The van der Waals surface area contributed by atoms with Gasteiger partial charge < -0.3 is 20.5 Å². The molecule has 1 saturated heterocycles. The normalized spacial score (nSPS) is 15.6. The molecule has 3 N–H and O–H groups in total. The summed E-state index contributed by atoms with van der Waals surface area (Å²) in [6, 6.07) is 10.1. The van der Waals surface area contributed by atoms with E-state index in [-0.39, 0.29) is 54.1 Å². The SMILES string of the molecule is Cl.Cl.NC(=O)C1(S(=O)(=O)c2ccc(Oc3ccc(OC(F)(F)F)cc3)cc2)CCNCC1. The highest BCUT2D eigenvalue weighted by Crippen LogP contribution is 2.35. The lowest BCUT2D eigenvalue weighted by Gasteiger charge is -2.34. The Morgan fingerprint density at radius 3 is 1.78 bits per heavy atom. The van der Waals surface area contributed by atoms with Crippen LogP contribution in [-0.2, 0) is 14.6 Å². The van der Waals surface area contributed by atoms with Gasteiger partial charge in [-0.3, -0.25) is 4.79 Å². The Morgan fingerprint density at radius 2 is 1.34 bits per heavy atom. The van der Waals surface area contributed by atoms with Gasteiger partial charge in [-0.05, 0) is 74.5 Å². The van der Waals surface area contributed by atoms with Crippen molar-refractivity contribution in [3.63, 3.8) is 0 Å². The number of halogens is 5. The van der Waals surface area contributed by atoms with Crippen molar-refractivity contribution >= 4 is 40.6 Å². The number of hydrogen-bond donors (Lipinski definition) is 2. The lowest BCUT2D eigenvalue weighted by molar-refractivity contribution is -0.274. The van der Waals surface area contributed by atoms with Crippen molar-refractivity contribution in [2.24, 2.45) is 5.73 Å². The van der Waals surface area contributed by atoms with Gasteiger partial charge in [-0.15, -0.1) is 38.0 Å². The summed E-state index contributed by atoms with van der Waals surface area (Å²) in [6.07, 6.45) is -4.63. The largest absolute Gasteiger partial charge is 0.573 e. The molecule has 0 unspecified atom stereocenters. The number of ether oxygens (including phenoxy) is 2. The van der Waals surface area contributed by atoms with Crippen LogP contribution in [0.5, 0.6) is 17.2 Å². The second-order valence-corrected chi connectivity index (χ2v) is 8.96. The lowest BCUT2D eigenvalue weighted by atomic mass is 9.96. The van der Waals surface area contributed by atoms with E-state index in [0.717, 1.165) is 12.1 Å². The van der Waals surface area contributed by atoms with Crippen LogP contribution in [0.2, 0.25) is 0 Å². The Labute approximate surface area is 195 Å². The summed E-state index contributed by atoms with van der Waals surface area (Å²) in [4.78, 5) is 12.0. The molecule has 0 bridgehead atoms. The molecule has 0 radical (unpaired) electrons. The second-order valence-electron chi connectivity index (χ2n) is 6.70. The zero-order chi connectivity index (χ0) is 22.0. The van der Waals surface area contributed by atoms with E-state index in [1.54, 1.807) is 0 Å². The maximum absolute atomic E-state index is 13.1. The topological polar surface area (TPSA) is 108 Å². The Balaban J connectivity index is 0.00000256. The van der Waals surface area contributed by atoms with Crippen molar-refractivity contribution in [3.8, 4) is 17.2 Å². The molecule has 3 rings (SSSR count). The molecule has 0 aromatic heterocycles. The number of hydrogen-bond acceptors (Lipinski definition) is 6. The number of nitrogens with two attached hydrogens (primary N) is 1. The quantitative estimate of drug-likeness (QED) is 0.607. The van der Waals surface area contributed by atoms with Gasteiger partial charge in [-0.25, -0.2) is 8.42 Å². The molecule has 1 aliphatic heterocycles. The first kappa shape index (κ1) is 27.8. The monoisotopic (exact) mass is 516 g/mol. The van der Waals surface area contributed by atoms with Crippen LogP contribution in [0.4, 0.5) is 13.2 Å². The van der Waals surface area contributed by atoms with Crippen LogP contribution in [0.3, 0.4) is 0 Å². The fourth-order valence-corrected chi connectivity index (χ4v) is 5.19. The fraction of sp³-hybridized carbons (Fsp3) is 0.316. The first-order chi connectivity index (χ1) is 14.0. The van der Waals surface area contributed by atoms with Crippen LogP contribution in [0.15, 0.2) is 53.4 Å². The van der Waals surface area contributed by atoms with Gasteiger partial charge in [-0.1, -0.05) is 0 Å². The highest BCUT2D eigenvalue weighted by atomic mass is 35.5. The van der Waals surface area contributed by atoms with Crippen molar-refractivity contribution in [2.75, 3.05) is 13.1 Å². The molecule has 13 heteroatoms. The number of carbonyl (C=O) groups is 1. The van der Waals surface area contributed by atoms with Crippen LogP contribution < -0.4 is 20.5 Å². The molecule has 2 aromatic carbocycles. The molecule has 2 aromatic rings. The standard InChI is InChI=1S/C19H19F3N2O5S.2ClH/c20-19(21,22)29-15-3-1-13(2-4-15)28-14-5-7-16(8-6-14)30(26,27)18(17(23)25)9-11-24-12-10-18;;/h1-8,24H,9-12H2,(H2,23,25);2*1H. The summed E-state index contributed by atoms with van der Waals surface area (Å²) in [5.74, 6) is -0.788. The maximum atomic E-state index is 13.1. The van der Waals surface area contributed by atoms with Gasteiger partial charge in [0.25, 0.3) is 0 Å². The first-order valence-electron chi connectivity index (χ1n) is 8.92. The van der Waals surface area contributed by atoms with Crippen molar-refractivity contribution in [1.29, 1.82) is 0 Å². The van der Waals surface area contributed by atoms with Crippen LogP contribution in [-0.4, -0.2) is 38.5 Å². The molecule has 178 valence electrons. The van der Waals surface area contributed by atoms with Gasteiger partial charge in [-0.2, -0.15) is 0 Å². The van der Waals surface area contributed by atoms with Gasteiger partial charge in [0.15, 0.2) is 14.6 Å². The summed E-state index contributed by atoms with van der Waals surface area (Å²) < 4.78 is 70.4. The molecule has 7 nitrogen and oxygen atoms in total. The molecule has 0 spiro atoms. The third-order valence-corrected chi connectivity index (χ3v) is 7.33. The van der Waals surface area contributed by atoms with Crippen LogP contribution in [0.25, 0.3) is 0 Å². The number of benzene rings is 2. The summed E-state index contributed by atoms with van der Waals surface area (Å²) in [7, 11) is -4.03. The van der Waals surface area contributed by atoms with Gasteiger partial charge in [0.05, 0.1) is 4.90 Å². The molecular weight excluding hydrogens is 496 g/mol. The van der Waals surface area contributed by atoms with Gasteiger partial charge in [0.1, 0.15) is 17.2 Å². The number of sulfone groups is 1. The van der Waals surface area contributed by atoms with E-state index in [4.69, 9.17) is 10.5 Å². The minimum atomic E-state index is -4.79. The fourth-order valence-electron chi connectivity index (χ4n) is 3.24. The zero-order valence-electron chi connectivity index (χ0n) is 16.4. The van der Waals surface area contributed by atoms with E-state index >= 15 is 0 Å². The molecular formula is C19H21Cl2F3N2O5S. The number of alkyl halides is 3. The zero-order valence-corrected chi connectivity index (χ0v) is 18.9. The smallest absolute Gasteiger partial charge is 0.457 e. The van der Waals surface area contributed by atoms with E-state index in [0.29, 0.717) is 13.1 Å². The van der Waals surface area contributed by atoms with E-state index in [2.05, 4.69) is 10.1 Å². The molecule has 1 heterocycles. The van der Waals surface area contributed by atoms with Crippen LogP contribution in [0, 0.1) is 0 Å². The molecule has 1 fully saturated rings. The van der Waals surface area contributed by atoms with E-state index in [1.165, 1.54) is 36.4 Å². The molecule has 1 amide bonds. The molecule has 32 heavy (non-hydrogen) atoms.